The molecule has 0 unspecified atom stereocenters. The van der Waals surface area contributed by atoms with Gasteiger partial charge in [0.2, 0.25) is 0 Å². The molecule has 0 saturated heterocycles. The summed E-state index contributed by atoms with van der Waals surface area (Å²) in [5, 5.41) is 16.5. The van der Waals surface area contributed by atoms with Gasteiger partial charge in [-0.15, -0.1) is 0 Å². The van der Waals surface area contributed by atoms with Crippen LogP contribution in [0.1, 0.15) is 37.2 Å². The second kappa shape index (κ2) is 7.72. The summed E-state index contributed by atoms with van der Waals surface area (Å²) in [5.41, 5.74) is -0.0390. The fourth-order valence-corrected chi connectivity index (χ4v) is 2.40. The van der Waals surface area contributed by atoms with Crippen LogP contribution in [0.4, 0.5) is 0 Å². The van der Waals surface area contributed by atoms with Gasteiger partial charge in [0.05, 0.1) is 5.39 Å². The minimum atomic E-state index is -0.904. The quantitative estimate of drug-likeness (QED) is 0.751. The van der Waals surface area contributed by atoms with Crippen LogP contribution < -0.4 is 10.9 Å². The Hall–Kier alpha value is -2.70. The van der Waals surface area contributed by atoms with Crippen LogP contribution in [-0.4, -0.2) is 33.3 Å². The second-order valence-corrected chi connectivity index (χ2v) is 6.03. The summed E-state index contributed by atoms with van der Waals surface area (Å²) in [5.74, 6) is -1.10. The number of hydrogen-bond donors (Lipinski definition) is 2. The van der Waals surface area contributed by atoms with E-state index in [1.165, 1.54) is 4.68 Å². The zero-order valence-corrected chi connectivity index (χ0v) is 13.8. The van der Waals surface area contributed by atoms with Gasteiger partial charge in [-0.1, -0.05) is 32.0 Å². The maximum Gasteiger partial charge on any atom is 0.303 e. The zero-order valence-electron chi connectivity index (χ0n) is 13.8. The Morgan fingerprint density at radius 3 is 2.54 bits per heavy atom. The maximum absolute atomic E-state index is 12.5. The molecule has 128 valence electrons. The summed E-state index contributed by atoms with van der Waals surface area (Å²) in [6, 6.07) is 6.86. The molecule has 0 aliphatic carbocycles. The average Bonchev–Trinajstić information content (AvgIpc) is 2.53. The van der Waals surface area contributed by atoms with Gasteiger partial charge in [0, 0.05) is 24.9 Å². The van der Waals surface area contributed by atoms with Crippen molar-refractivity contribution >= 4 is 22.6 Å². The van der Waals surface area contributed by atoms with E-state index in [9.17, 15) is 14.4 Å². The molecule has 7 heteroatoms. The molecule has 0 radical (unpaired) electrons. The SMILES string of the molecule is CC(C)Cn1nc(C(=O)NCCCC(=O)O)c2ccccc2c1=O. The van der Waals surface area contributed by atoms with Crippen molar-refractivity contribution in [2.24, 2.45) is 5.92 Å². The molecular weight excluding hydrogens is 310 g/mol. The molecule has 2 N–H and O–H groups in total. The van der Waals surface area contributed by atoms with Crippen LogP contribution in [0, 0.1) is 5.92 Å². The number of amides is 1. The number of carbonyl (C=O) groups excluding carboxylic acids is 1. The topological polar surface area (TPSA) is 101 Å². The van der Waals surface area contributed by atoms with Gasteiger partial charge in [0.15, 0.2) is 5.69 Å². The lowest BCUT2D eigenvalue weighted by molar-refractivity contribution is -0.137. The number of carboxylic acid groups (broad SMARTS) is 1. The van der Waals surface area contributed by atoms with Crippen LogP contribution in [0.2, 0.25) is 0 Å². The first-order valence-electron chi connectivity index (χ1n) is 7.90. The molecule has 0 atom stereocenters. The third kappa shape index (κ3) is 4.18. The minimum absolute atomic E-state index is 0.0126. The van der Waals surface area contributed by atoms with Gasteiger partial charge >= 0.3 is 5.97 Å². The number of fused-ring (bicyclic) bond motifs is 1. The van der Waals surface area contributed by atoms with E-state index in [0.717, 1.165) is 0 Å². The van der Waals surface area contributed by atoms with E-state index in [2.05, 4.69) is 10.4 Å². The molecule has 1 aromatic heterocycles. The summed E-state index contributed by atoms with van der Waals surface area (Å²) in [7, 11) is 0. The number of hydrogen-bond acceptors (Lipinski definition) is 4. The lowest BCUT2D eigenvalue weighted by Crippen LogP contribution is -2.32. The molecule has 1 heterocycles. The van der Waals surface area contributed by atoms with Crippen molar-refractivity contribution in [3.8, 4) is 0 Å². The molecule has 0 aliphatic heterocycles. The molecule has 1 aromatic carbocycles. The summed E-state index contributed by atoms with van der Waals surface area (Å²) in [6.07, 6.45) is 0.325. The molecule has 2 aromatic rings. The Morgan fingerprint density at radius 2 is 1.92 bits per heavy atom. The molecule has 7 nitrogen and oxygen atoms in total. The lowest BCUT2D eigenvalue weighted by Gasteiger charge is -2.12. The van der Waals surface area contributed by atoms with Crippen molar-refractivity contribution in [2.45, 2.75) is 33.2 Å². The van der Waals surface area contributed by atoms with Crippen LogP contribution >= 0.6 is 0 Å². The standard InChI is InChI=1S/C17H21N3O4/c1-11(2)10-20-17(24)13-7-4-3-6-12(13)15(19-20)16(23)18-9-5-8-14(21)22/h3-4,6-7,11H,5,8-10H2,1-2H3,(H,18,23)(H,21,22). The van der Waals surface area contributed by atoms with Crippen molar-refractivity contribution in [3.05, 3.63) is 40.3 Å². The Balaban J connectivity index is 2.34. The molecular formula is C17H21N3O4. The molecule has 0 fully saturated rings. The number of aromatic nitrogens is 2. The van der Waals surface area contributed by atoms with Crippen molar-refractivity contribution < 1.29 is 14.7 Å². The molecule has 0 bridgehead atoms. The Morgan fingerprint density at radius 1 is 1.25 bits per heavy atom. The lowest BCUT2D eigenvalue weighted by atomic mass is 10.1. The Bertz CT molecular complexity index is 811. The van der Waals surface area contributed by atoms with E-state index in [1.807, 2.05) is 13.8 Å². The van der Waals surface area contributed by atoms with Gasteiger partial charge in [-0.25, -0.2) is 4.68 Å². The zero-order chi connectivity index (χ0) is 17.7. The van der Waals surface area contributed by atoms with Crippen LogP contribution in [0.15, 0.2) is 29.1 Å². The highest BCUT2D eigenvalue weighted by molar-refractivity contribution is 6.04. The number of carboxylic acids is 1. The van der Waals surface area contributed by atoms with E-state index in [1.54, 1.807) is 24.3 Å². The third-order valence-corrected chi connectivity index (χ3v) is 3.47. The fraction of sp³-hybridized carbons (Fsp3) is 0.412. The van der Waals surface area contributed by atoms with Crippen molar-refractivity contribution in [1.82, 2.24) is 15.1 Å². The first-order valence-corrected chi connectivity index (χ1v) is 7.90. The van der Waals surface area contributed by atoms with Gasteiger partial charge in [0.25, 0.3) is 11.5 Å². The number of nitrogens with one attached hydrogen (secondary N) is 1. The number of nitrogens with zero attached hydrogens (tertiary/aromatic N) is 2. The highest BCUT2D eigenvalue weighted by Crippen LogP contribution is 2.13. The highest BCUT2D eigenvalue weighted by atomic mass is 16.4. The van der Waals surface area contributed by atoms with Crippen molar-refractivity contribution in [2.75, 3.05) is 6.54 Å². The van der Waals surface area contributed by atoms with E-state index in [-0.39, 0.29) is 30.1 Å². The Kier molecular flexibility index (Phi) is 5.68. The maximum atomic E-state index is 12.5. The van der Waals surface area contributed by atoms with Crippen LogP contribution in [0.3, 0.4) is 0 Å². The van der Waals surface area contributed by atoms with Crippen LogP contribution in [0.5, 0.6) is 0 Å². The van der Waals surface area contributed by atoms with Gasteiger partial charge in [0.1, 0.15) is 0 Å². The van der Waals surface area contributed by atoms with E-state index >= 15 is 0 Å². The molecule has 1 amide bonds. The van der Waals surface area contributed by atoms with E-state index in [4.69, 9.17) is 5.11 Å². The van der Waals surface area contributed by atoms with Crippen LogP contribution in [0.25, 0.3) is 10.8 Å². The van der Waals surface area contributed by atoms with Crippen LogP contribution in [-0.2, 0) is 11.3 Å². The molecule has 0 aliphatic rings. The summed E-state index contributed by atoms with van der Waals surface area (Å²) >= 11 is 0. The summed E-state index contributed by atoms with van der Waals surface area (Å²) in [4.78, 5) is 35.4. The number of carbonyl (C=O) groups is 2. The first-order chi connectivity index (χ1) is 11.4. The summed E-state index contributed by atoms with van der Waals surface area (Å²) < 4.78 is 1.32. The van der Waals surface area contributed by atoms with Crippen molar-refractivity contribution in [3.63, 3.8) is 0 Å². The first kappa shape index (κ1) is 17.7. The highest BCUT2D eigenvalue weighted by Gasteiger charge is 2.16. The molecule has 0 spiro atoms. The smallest absolute Gasteiger partial charge is 0.303 e. The van der Waals surface area contributed by atoms with Gasteiger partial charge in [-0.2, -0.15) is 5.10 Å². The molecule has 2 rings (SSSR count). The van der Waals surface area contributed by atoms with Gasteiger partial charge in [-0.05, 0) is 18.4 Å². The number of aliphatic carboxylic acids is 1. The second-order valence-electron chi connectivity index (χ2n) is 6.03. The minimum Gasteiger partial charge on any atom is -0.481 e. The molecule has 0 saturated carbocycles. The largest absolute Gasteiger partial charge is 0.481 e. The van der Waals surface area contributed by atoms with Crippen molar-refractivity contribution in [1.29, 1.82) is 0 Å². The predicted molar refractivity (Wildman–Crippen MR) is 90.0 cm³/mol. The fourth-order valence-electron chi connectivity index (χ4n) is 2.40. The monoisotopic (exact) mass is 331 g/mol. The normalized spacial score (nSPS) is 11.0. The number of rotatable bonds is 7. The predicted octanol–water partition coefficient (Wildman–Crippen LogP) is 1.65. The third-order valence-electron chi connectivity index (χ3n) is 3.47. The van der Waals surface area contributed by atoms with Gasteiger partial charge in [-0.3, -0.25) is 14.4 Å². The Labute approximate surface area is 139 Å². The number of benzene rings is 1. The van der Waals surface area contributed by atoms with E-state index in [0.29, 0.717) is 23.7 Å². The summed E-state index contributed by atoms with van der Waals surface area (Å²) in [6.45, 7) is 4.59. The average molecular weight is 331 g/mol. The van der Waals surface area contributed by atoms with Gasteiger partial charge < -0.3 is 10.4 Å². The van der Waals surface area contributed by atoms with E-state index < -0.39 is 11.9 Å². The molecule has 24 heavy (non-hydrogen) atoms.